The Kier molecular flexibility index (Phi) is 3.94. The van der Waals surface area contributed by atoms with E-state index >= 15 is 0 Å². The van der Waals surface area contributed by atoms with Gasteiger partial charge in [-0.15, -0.1) is 11.6 Å². The highest BCUT2D eigenvalue weighted by Gasteiger charge is 2.15. The molecule has 0 aliphatic rings. The number of nitrogens with zero attached hydrogens (tertiary/aromatic N) is 2. The maximum absolute atomic E-state index is 11.6. The first-order valence-electron chi connectivity index (χ1n) is 5.37. The number of esters is 1. The molecule has 0 radical (unpaired) electrons. The van der Waals surface area contributed by atoms with Crippen LogP contribution in [0.1, 0.15) is 23.0 Å². The summed E-state index contributed by atoms with van der Waals surface area (Å²) in [4.78, 5) is 20.0. The second-order valence-corrected chi connectivity index (χ2v) is 3.69. The average Bonchev–Trinajstić information content (AvgIpc) is 2.92. The number of carbonyl (C=O) groups excluding carboxylic acids is 1. The Bertz CT molecular complexity index is 540. The van der Waals surface area contributed by atoms with E-state index in [0.29, 0.717) is 23.7 Å². The molecule has 0 saturated heterocycles. The Morgan fingerprint density at radius 1 is 1.56 bits per heavy atom. The molecule has 18 heavy (non-hydrogen) atoms. The van der Waals surface area contributed by atoms with Crippen molar-refractivity contribution in [3.05, 3.63) is 36.0 Å². The van der Waals surface area contributed by atoms with Crippen LogP contribution in [0.4, 0.5) is 0 Å². The molecule has 0 saturated carbocycles. The molecule has 0 aliphatic carbocycles. The van der Waals surface area contributed by atoms with Gasteiger partial charge in [-0.1, -0.05) is 0 Å². The minimum absolute atomic E-state index is 0.113. The molecular formula is C12H11ClN2O3. The predicted octanol–water partition coefficient (Wildman–Crippen LogP) is 2.65. The Morgan fingerprint density at radius 2 is 2.39 bits per heavy atom. The molecule has 2 aromatic rings. The maximum atomic E-state index is 11.6. The van der Waals surface area contributed by atoms with Crippen molar-refractivity contribution in [2.45, 2.75) is 12.8 Å². The van der Waals surface area contributed by atoms with Crippen molar-refractivity contribution in [1.82, 2.24) is 9.97 Å². The van der Waals surface area contributed by atoms with Gasteiger partial charge in [0.05, 0.1) is 30.0 Å². The number of hydrogen-bond acceptors (Lipinski definition) is 5. The Morgan fingerprint density at radius 3 is 3.00 bits per heavy atom. The van der Waals surface area contributed by atoms with E-state index in [0.717, 1.165) is 5.56 Å². The summed E-state index contributed by atoms with van der Waals surface area (Å²) in [5, 5.41) is 0. The summed E-state index contributed by atoms with van der Waals surface area (Å²) in [6, 6.07) is 1.73. The van der Waals surface area contributed by atoms with E-state index in [-0.39, 0.29) is 5.88 Å². The van der Waals surface area contributed by atoms with Crippen LogP contribution in [0.2, 0.25) is 0 Å². The van der Waals surface area contributed by atoms with E-state index in [1.165, 1.54) is 18.7 Å². The van der Waals surface area contributed by atoms with Gasteiger partial charge in [-0.3, -0.25) is 0 Å². The molecule has 0 aromatic carbocycles. The topological polar surface area (TPSA) is 65.2 Å². The van der Waals surface area contributed by atoms with E-state index in [2.05, 4.69) is 9.97 Å². The largest absolute Gasteiger partial charge is 0.472 e. The van der Waals surface area contributed by atoms with Crippen LogP contribution in [-0.4, -0.2) is 22.5 Å². The van der Waals surface area contributed by atoms with Crippen molar-refractivity contribution < 1.29 is 13.9 Å². The smallest absolute Gasteiger partial charge is 0.341 e. The highest BCUT2D eigenvalue weighted by Crippen LogP contribution is 2.18. The van der Waals surface area contributed by atoms with Gasteiger partial charge in [0.15, 0.2) is 5.82 Å². The fraction of sp³-hybridized carbons (Fsp3) is 0.250. The lowest BCUT2D eigenvalue weighted by molar-refractivity contribution is 0.0524. The molecule has 0 amide bonds. The quantitative estimate of drug-likeness (QED) is 0.629. The highest BCUT2D eigenvalue weighted by molar-refractivity contribution is 6.17. The maximum Gasteiger partial charge on any atom is 0.341 e. The van der Waals surface area contributed by atoms with Gasteiger partial charge in [-0.05, 0) is 13.0 Å². The van der Waals surface area contributed by atoms with Gasteiger partial charge < -0.3 is 9.15 Å². The summed E-state index contributed by atoms with van der Waals surface area (Å²) in [5.74, 6) is 0.112. The van der Waals surface area contributed by atoms with Crippen molar-refractivity contribution >= 4 is 17.6 Å². The minimum Gasteiger partial charge on any atom is -0.472 e. The number of ether oxygens (including phenoxy) is 1. The number of halogens is 1. The lowest BCUT2D eigenvalue weighted by Gasteiger charge is -2.06. The van der Waals surface area contributed by atoms with Crippen molar-refractivity contribution in [2.24, 2.45) is 0 Å². The fourth-order valence-electron chi connectivity index (χ4n) is 1.43. The zero-order valence-corrected chi connectivity index (χ0v) is 10.5. The fourth-order valence-corrected chi connectivity index (χ4v) is 1.63. The first-order valence-corrected chi connectivity index (χ1v) is 5.91. The van der Waals surface area contributed by atoms with Crippen LogP contribution in [-0.2, 0) is 10.6 Å². The van der Waals surface area contributed by atoms with E-state index in [9.17, 15) is 4.79 Å². The van der Waals surface area contributed by atoms with E-state index in [1.54, 1.807) is 13.0 Å². The third kappa shape index (κ3) is 2.51. The molecule has 6 heteroatoms. The monoisotopic (exact) mass is 266 g/mol. The van der Waals surface area contributed by atoms with Crippen LogP contribution in [0.3, 0.4) is 0 Å². The lowest BCUT2D eigenvalue weighted by Crippen LogP contribution is -2.10. The molecule has 2 heterocycles. The molecule has 0 fully saturated rings. The van der Waals surface area contributed by atoms with Crippen molar-refractivity contribution in [3.63, 3.8) is 0 Å². The average molecular weight is 267 g/mol. The van der Waals surface area contributed by atoms with Gasteiger partial charge in [0.25, 0.3) is 0 Å². The predicted molar refractivity (Wildman–Crippen MR) is 65.2 cm³/mol. The van der Waals surface area contributed by atoms with Crippen LogP contribution >= 0.6 is 11.6 Å². The SMILES string of the molecule is CCOC(=O)c1cnc(-c2ccoc2)nc1CCl. The molecule has 0 unspecified atom stereocenters. The number of aromatic nitrogens is 2. The Hall–Kier alpha value is -1.88. The molecule has 94 valence electrons. The van der Waals surface area contributed by atoms with Crippen LogP contribution in [0.25, 0.3) is 11.4 Å². The molecule has 0 spiro atoms. The van der Waals surface area contributed by atoms with Gasteiger partial charge in [-0.2, -0.15) is 0 Å². The molecule has 0 bridgehead atoms. The van der Waals surface area contributed by atoms with Gasteiger partial charge >= 0.3 is 5.97 Å². The van der Waals surface area contributed by atoms with Crippen LogP contribution in [0.5, 0.6) is 0 Å². The number of furan rings is 1. The van der Waals surface area contributed by atoms with Crippen LogP contribution < -0.4 is 0 Å². The van der Waals surface area contributed by atoms with Crippen molar-refractivity contribution in [2.75, 3.05) is 6.61 Å². The minimum atomic E-state index is -0.466. The number of hydrogen-bond donors (Lipinski definition) is 0. The third-order valence-electron chi connectivity index (χ3n) is 2.27. The summed E-state index contributed by atoms with van der Waals surface area (Å²) < 4.78 is 9.86. The van der Waals surface area contributed by atoms with Crippen LogP contribution in [0, 0.1) is 0 Å². The van der Waals surface area contributed by atoms with Crippen molar-refractivity contribution in [1.29, 1.82) is 0 Å². The third-order valence-corrected chi connectivity index (χ3v) is 2.52. The molecule has 5 nitrogen and oxygen atoms in total. The molecular weight excluding hydrogens is 256 g/mol. The number of rotatable bonds is 4. The molecule has 0 aliphatic heterocycles. The second-order valence-electron chi connectivity index (χ2n) is 3.42. The second kappa shape index (κ2) is 5.64. The number of carbonyl (C=O) groups is 1. The summed E-state index contributed by atoms with van der Waals surface area (Å²) in [5.41, 5.74) is 1.47. The Balaban J connectivity index is 2.37. The Labute approximate surface area is 109 Å². The zero-order valence-electron chi connectivity index (χ0n) is 9.72. The summed E-state index contributed by atoms with van der Waals surface area (Å²) >= 11 is 5.79. The van der Waals surface area contributed by atoms with E-state index in [4.69, 9.17) is 20.8 Å². The van der Waals surface area contributed by atoms with Gasteiger partial charge in [0, 0.05) is 6.20 Å². The first kappa shape index (κ1) is 12.6. The first-order chi connectivity index (χ1) is 8.76. The van der Waals surface area contributed by atoms with Gasteiger partial charge in [-0.25, -0.2) is 14.8 Å². The zero-order chi connectivity index (χ0) is 13.0. The van der Waals surface area contributed by atoms with Crippen molar-refractivity contribution in [3.8, 4) is 11.4 Å². The summed E-state index contributed by atoms with van der Waals surface area (Å²) in [7, 11) is 0. The molecule has 2 rings (SSSR count). The van der Waals surface area contributed by atoms with Crippen LogP contribution in [0.15, 0.2) is 29.2 Å². The highest BCUT2D eigenvalue weighted by atomic mass is 35.5. The molecule has 2 aromatic heterocycles. The van der Waals surface area contributed by atoms with E-state index in [1.807, 2.05) is 0 Å². The van der Waals surface area contributed by atoms with Gasteiger partial charge in [0.2, 0.25) is 0 Å². The normalized spacial score (nSPS) is 10.3. The summed E-state index contributed by atoms with van der Waals surface area (Å²) in [6.07, 6.45) is 4.47. The standard InChI is InChI=1S/C12H11ClN2O3/c1-2-18-12(16)9-6-14-11(15-10(9)5-13)8-3-4-17-7-8/h3-4,6-7H,2,5H2,1H3. The molecule has 0 N–H and O–H groups in total. The van der Waals surface area contributed by atoms with E-state index < -0.39 is 5.97 Å². The van der Waals surface area contributed by atoms with Gasteiger partial charge in [0.1, 0.15) is 11.8 Å². The number of alkyl halides is 1. The lowest BCUT2D eigenvalue weighted by atomic mass is 10.2. The summed E-state index contributed by atoms with van der Waals surface area (Å²) in [6.45, 7) is 2.03. The molecule has 0 atom stereocenters.